The molecule has 5 heteroatoms. The van der Waals surface area contributed by atoms with E-state index in [-0.39, 0.29) is 5.92 Å². The second-order valence-electron chi connectivity index (χ2n) is 5.05. The highest BCUT2D eigenvalue weighted by Gasteiger charge is 2.24. The second-order valence-corrected chi connectivity index (χ2v) is 5.05. The van der Waals surface area contributed by atoms with E-state index in [1.807, 2.05) is 0 Å². The Labute approximate surface area is 103 Å². The normalized spacial score (nSPS) is 24.9. The molecule has 2 saturated heterocycles. The minimum absolute atomic E-state index is 0.106. The molecule has 17 heavy (non-hydrogen) atoms. The van der Waals surface area contributed by atoms with Crippen LogP contribution >= 0.6 is 0 Å². The molecule has 0 aromatic carbocycles. The van der Waals surface area contributed by atoms with Crippen molar-refractivity contribution < 1.29 is 9.90 Å². The SMILES string of the molecule is O=C(O)C1CCN(CCN2CCNCC2)CC1. The van der Waals surface area contributed by atoms with Gasteiger partial charge < -0.3 is 15.3 Å². The summed E-state index contributed by atoms with van der Waals surface area (Å²) in [5, 5.41) is 12.3. The summed E-state index contributed by atoms with van der Waals surface area (Å²) in [4.78, 5) is 15.7. The topological polar surface area (TPSA) is 55.8 Å². The Kier molecular flexibility index (Phi) is 4.76. The first-order valence-electron chi connectivity index (χ1n) is 6.64. The van der Waals surface area contributed by atoms with Gasteiger partial charge in [-0.25, -0.2) is 0 Å². The van der Waals surface area contributed by atoms with Gasteiger partial charge in [-0.05, 0) is 25.9 Å². The number of nitrogens with zero attached hydrogens (tertiary/aromatic N) is 2. The molecule has 0 atom stereocenters. The highest BCUT2D eigenvalue weighted by Crippen LogP contribution is 2.16. The predicted octanol–water partition coefficient (Wildman–Crippen LogP) is -0.312. The Morgan fingerprint density at radius 1 is 1.06 bits per heavy atom. The zero-order chi connectivity index (χ0) is 12.1. The molecule has 0 aromatic heterocycles. The van der Waals surface area contributed by atoms with Gasteiger partial charge in [0.25, 0.3) is 0 Å². The minimum Gasteiger partial charge on any atom is -0.481 e. The number of piperidine rings is 1. The van der Waals surface area contributed by atoms with Gasteiger partial charge in [0, 0.05) is 39.3 Å². The fraction of sp³-hybridized carbons (Fsp3) is 0.917. The summed E-state index contributed by atoms with van der Waals surface area (Å²) in [6.07, 6.45) is 1.63. The predicted molar refractivity (Wildman–Crippen MR) is 66.1 cm³/mol. The maximum absolute atomic E-state index is 10.8. The highest BCUT2D eigenvalue weighted by molar-refractivity contribution is 5.70. The molecular weight excluding hydrogens is 218 g/mol. The Bertz CT molecular complexity index is 246. The highest BCUT2D eigenvalue weighted by atomic mass is 16.4. The Balaban J connectivity index is 1.62. The van der Waals surface area contributed by atoms with Crippen molar-refractivity contribution in [3.8, 4) is 0 Å². The monoisotopic (exact) mass is 241 g/mol. The lowest BCUT2D eigenvalue weighted by Gasteiger charge is -2.33. The molecule has 2 N–H and O–H groups in total. The van der Waals surface area contributed by atoms with Gasteiger partial charge in [-0.3, -0.25) is 9.69 Å². The molecule has 2 aliphatic rings. The maximum atomic E-state index is 10.8. The molecule has 0 aliphatic carbocycles. The zero-order valence-corrected chi connectivity index (χ0v) is 10.4. The number of rotatable bonds is 4. The summed E-state index contributed by atoms with van der Waals surface area (Å²) in [5.41, 5.74) is 0. The molecule has 0 bridgehead atoms. The number of hydrogen-bond donors (Lipinski definition) is 2. The van der Waals surface area contributed by atoms with Crippen LogP contribution in [-0.2, 0) is 4.79 Å². The number of aliphatic carboxylic acids is 1. The number of likely N-dealkylation sites (tertiary alicyclic amines) is 1. The molecule has 2 fully saturated rings. The van der Waals surface area contributed by atoms with E-state index in [4.69, 9.17) is 5.11 Å². The molecule has 0 amide bonds. The third kappa shape index (κ3) is 3.94. The standard InChI is InChI=1S/C12H23N3O2/c16-12(17)11-1-5-14(6-2-11)9-10-15-7-3-13-4-8-15/h11,13H,1-10H2,(H,16,17). The fourth-order valence-corrected chi connectivity index (χ4v) is 2.62. The summed E-state index contributed by atoms with van der Waals surface area (Å²) in [6.45, 7) is 8.59. The van der Waals surface area contributed by atoms with Gasteiger partial charge >= 0.3 is 5.97 Å². The molecule has 2 rings (SSSR count). The summed E-state index contributed by atoms with van der Waals surface area (Å²) in [7, 11) is 0. The van der Waals surface area contributed by atoms with Gasteiger partial charge in [0.2, 0.25) is 0 Å². The van der Waals surface area contributed by atoms with Crippen LogP contribution in [0.2, 0.25) is 0 Å². The van der Waals surface area contributed by atoms with Gasteiger partial charge in [0.05, 0.1) is 5.92 Å². The number of carboxylic acids is 1. The number of nitrogens with one attached hydrogen (secondary N) is 1. The van der Waals surface area contributed by atoms with E-state index in [1.54, 1.807) is 0 Å². The molecule has 0 spiro atoms. The van der Waals surface area contributed by atoms with Gasteiger partial charge in [-0.15, -0.1) is 0 Å². The Morgan fingerprint density at radius 2 is 1.59 bits per heavy atom. The van der Waals surface area contributed by atoms with Crippen LogP contribution in [-0.4, -0.2) is 73.2 Å². The van der Waals surface area contributed by atoms with Gasteiger partial charge in [0.1, 0.15) is 0 Å². The van der Waals surface area contributed by atoms with E-state index in [2.05, 4.69) is 15.1 Å². The smallest absolute Gasteiger partial charge is 0.306 e. The average Bonchev–Trinajstić information content (AvgIpc) is 2.38. The summed E-state index contributed by atoms with van der Waals surface area (Å²) in [5.74, 6) is -0.725. The van der Waals surface area contributed by atoms with Crippen LogP contribution in [0.3, 0.4) is 0 Å². The number of hydrogen-bond acceptors (Lipinski definition) is 4. The quantitative estimate of drug-likeness (QED) is 0.707. The van der Waals surface area contributed by atoms with E-state index in [0.29, 0.717) is 0 Å². The van der Waals surface area contributed by atoms with Gasteiger partial charge in [0.15, 0.2) is 0 Å². The van der Waals surface area contributed by atoms with Crippen LogP contribution < -0.4 is 5.32 Å². The summed E-state index contributed by atoms with van der Waals surface area (Å²) >= 11 is 0. The second kappa shape index (κ2) is 6.33. The first-order valence-corrected chi connectivity index (χ1v) is 6.64. The molecule has 0 aromatic rings. The van der Waals surface area contributed by atoms with Gasteiger partial charge in [-0.2, -0.15) is 0 Å². The Hall–Kier alpha value is -0.650. The van der Waals surface area contributed by atoms with Gasteiger partial charge in [-0.1, -0.05) is 0 Å². The van der Waals surface area contributed by atoms with Crippen LogP contribution in [0, 0.1) is 5.92 Å². The third-order valence-corrected chi connectivity index (χ3v) is 3.88. The Morgan fingerprint density at radius 3 is 2.12 bits per heavy atom. The lowest BCUT2D eigenvalue weighted by molar-refractivity contribution is -0.143. The minimum atomic E-state index is -0.619. The lowest BCUT2D eigenvalue weighted by Crippen LogP contribution is -2.47. The van der Waals surface area contributed by atoms with Crippen LogP contribution in [0.4, 0.5) is 0 Å². The van der Waals surface area contributed by atoms with Crippen LogP contribution in [0.25, 0.3) is 0 Å². The molecule has 98 valence electrons. The van der Waals surface area contributed by atoms with Crippen molar-refractivity contribution in [2.24, 2.45) is 5.92 Å². The molecule has 2 aliphatic heterocycles. The first-order chi connectivity index (χ1) is 8.25. The van der Waals surface area contributed by atoms with E-state index in [1.165, 1.54) is 0 Å². The average molecular weight is 241 g/mol. The summed E-state index contributed by atoms with van der Waals surface area (Å²) < 4.78 is 0. The van der Waals surface area contributed by atoms with Crippen LogP contribution in [0.15, 0.2) is 0 Å². The van der Waals surface area contributed by atoms with E-state index < -0.39 is 5.97 Å². The molecule has 0 saturated carbocycles. The molecule has 0 radical (unpaired) electrons. The van der Waals surface area contributed by atoms with Crippen molar-refractivity contribution in [2.45, 2.75) is 12.8 Å². The molecule has 5 nitrogen and oxygen atoms in total. The fourth-order valence-electron chi connectivity index (χ4n) is 2.62. The number of carboxylic acid groups (broad SMARTS) is 1. The van der Waals surface area contributed by atoms with Crippen molar-refractivity contribution in [3.05, 3.63) is 0 Å². The van der Waals surface area contributed by atoms with E-state index in [9.17, 15) is 4.79 Å². The first kappa shape index (κ1) is 12.8. The maximum Gasteiger partial charge on any atom is 0.306 e. The van der Waals surface area contributed by atoms with Crippen molar-refractivity contribution in [3.63, 3.8) is 0 Å². The van der Waals surface area contributed by atoms with Crippen molar-refractivity contribution in [1.82, 2.24) is 15.1 Å². The molecular formula is C12H23N3O2. The lowest BCUT2D eigenvalue weighted by atomic mass is 9.97. The number of piperazine rings is 1. The molecule has 0 unspecified atom stereocenters. The van der Waals surface area contributed by atoms with Crippen LogP contribution in [0.5, 0.6) is 0 Å². The van der Waals surface area contributed by atoms with E-state index in [0.717, 1.165) is 65.2 Å². The van der Waals surface area contributed by atoms with Crippen LogP contribution in [0.1, 0.15) is 12.8 Å². The molecule has 2 heterocycles. The van der Waals surface area contributed by atoms with Crippen molar-refractivity contribution in [2.75, 3.05) is 52.4 Å². The summed E-state index contributed by atoms with van der Waals surface area (Å²) in [6, 6.07) is 0. The zero-order valence-electron chi connectivity index (χ0n) is 10.4. The largest absolute Gasteiger partial charge is 0.481 e. The van der Waals surface area contributed by atoms with Crippen molar-refractivity contribution >= 4 is 5.97 Å². The van der Waals surface area contributed by atoms with E-state index >= 15 is 0 Å². The number of carbonyl (C=O) groups is 1. The van der Waals surface area contributed by atoms with Crippen molar-refractivity contribution in [1.29, 1.82) is 0 Å². The third-order valence-electron chi connectivity index (χ3n) is 3.88.